The lowest BCUT2D eigenvalue weighted by Crippen LogP contribution is -2.43. The third kappa shape index (κ3) is 2.91. The Kier molecular flexibility index (Phi) is 4.13. The molecule has 2 aliphatic rings. The summed E-state index contributed by atoms with van der Waals surface area (Å²) in [6.07, 6.45) is 5.12. The summed E-state index contributed by atoms with van der Waals surface area (Å²) in [6, 6.07) is 9.04. The zero-order chi connectivity index (χ0) is 14.1. The average Bonchev–Trinajstić information content (AvgIpc) is 2.66. The molecule has 3 rings (SSSR count). The number of rotatable bonds is 3. The highest BCUT2D eigenvalue weighted by atomic mass is 79.9. The van der Waals surface area contributed by atoms with Gasteiger partial charge < -0.3 is 10.2 Å². The number of benzene rings is 1. The fraction of sp³-hybridized carbons (Fsp3) is 0.562. The van der Waals surface area contributed by atoms with Gasteiger partial charge in [-0.1, -0.05) is 22.0 Å². The van der Waals surface area contributed by atoms with Gasteiger partial charge in [-0.3, -0.25) is 4.79 Å². The minimum absolute atomic E-state index is 0.0394. The number of piperidine rings is 1. The van der Waals surface area contributed by atoms with E-state index in [1.165, 1.54) is 25.7 Å². The van der Waals surface area contributed by atoms with E-state index in [2.05, 4.69) is 33.2 Å². The van der Waals surface area contributed by atoms with E-state index in [1.54, 1.807) is 0 Å². The molecule has 4 heteroatoms. The van der Waals surface area contributed by atoms with Gasteiger partial charge in [-0.15, -0.1) is 0 Å². The van der Waals surface area contributed by atoms with Crippen molar-refractivity contribution in [2.45, 2.75) is 37.8 Å². The van der Waals surface area contributed by atoms with E-state index in [4.69, 9.17) is 0 Å². The molecular weight excluding hydrogens is 316 g/mol. The molecule has 1 aromatic rings. The molecule has 0 aromatic heterocycles. The van der Waals surface area contributed by atoms with Crippen LogP contribution < -0.4 is 5.32 Å². The zero-order valence-electron chi connectivity index (χ0n) is 11.8. The first kappa shape index (κ1) is 14.1. The van der Waals surface area contributed by atoms with E-state index in [0.717, 1.165) is 28.7 Å². The summed E-state index contributed by atoms with van der Waals surface area (Å²) >= 11 is 3.40. The number of fused-ring (bicyclic) bond motifs is 2. The van der Waals surface area contributed by atoms with Gasteiger partial charge in [0.2, 0.25) is 0 Å². The third-order valence-corrected chi connectivity index (χ3v) is 5.33. The lowest BCUT2D eigenvalue weighted by atomic mass is 9.91. The molecule has 108 valence electrons. The minimum atomic E-state index is 0.0394. The Morgan fingerprint density at radius 2 is 2.05 bits per heavy atom. The van der Waals surface area contributed by atoms with Crippen LogP contribution in [-0.4, -0.2) is 36.5 Å². The van der Waals surface area contributed by atoms with Gasteiger partial charge in [0.05, 0.1) is 0 Å². The van der Waals surface area contributed by atoms with Crippen LogP contribution in [0.1, 0.15) is 36.0 Å². The van der Waals surface area contributed by atoms with Gasteiger partial charge in [0.15, 0.2) is 0 Å². The molecule has 1 N–H and O–H groups in total. The van der Waals surface area contributed by atoms with Crippen molar-refractivity contribution in [2.75, 3.05) is 13.6 Å². The maximum atomic E-state index is 12.1. The van der Waals surface area contributed by atoms with Gasteiger partial charge in [-0.2, -0.15) is 0 Å². The number of nitrogens with zero attached hydrogens (tertiary/aromatic N) is 1. The highest BCUT2D eigenvalue weighted by molar-refractivity contribution is 9.10. The predicted octanol–water partition coefficient (Wildman–Crippen LogP) is 3.05. The van der Waals surface area contributed by atoms with Crippen molar-refractivity contribution in [3.05, 3.63) is 34.3 Å². The summed E-state index contributed by atoms with van der Waals surface area (Å²) in [5.74, 6) is 0.678. The van der Waals surface area contributed by atoms with Crippen molar-refractivity contribution < 1.29 is 4.79 Å². The first-order chi connectivity index (χ1) is 9.63. The molecule has 2 fully saturated rings. The second-order valence-electron chi connectivity index (χ2n) is 6.11. The summed E-state index contributed by atoms with van der Waals surface area (Å²) in [7, 11) is 2.25. The lowest BCUT2D eigenvalue weighted by Gasteiger charge is -2.36. The second-order valence-corrected chi connectivity index (χ2v) is 7.02. The zero-order valence-corrected chi connectivity index (χ0v) is 13.4. The number of carbonyl (C=O) groups is 1. The highest BCUT2D eigenvalue weighted by Crippen LogP contribution is 2.37. The van der Waals surface area contributed by atoms with Gasteiger partial charge in [-0.05, 0) is 56.8 Å². The van der Waals surface area contributed by atoms with Crippen LogP contribution in [0, 0.1) is 5.92 Å². The first-order valence-corrected chi connectivity index (χ1v) is 8.18. The predicted molar refractivity (Wildman–Crippen MR) is 83.8 cm³/mol. The van der Waals surface area contributed by atoms with E-state index in [-0.39, 0.29) is 5.91 Å². The van der Waals surface area contributed by atoms with Crippen molar-refractivity contribution >= 4 is 21.8 Å². The molecule has 0 spiro atoms. The third-order valence-electron chi connectivity index (χ3n) is 4.83. The van der Waals surface area contributed by atoms with Crippen LogP contribution in [-0.2, 0) is 0 Å². The van der Waals surface area contributed by atoms with Crippen molar-refractivity contribution in [1.82, 2.24) is 10.2 Å². The van der Waals surface area contributed by atoms with Crippen LogP contribution >= 0.6 is 15.9 Å². The number of hydrogen-bond acceptors (Lipinski definition) is 2. The van der Waals surface area contributed by atoms with E-state index >= 15 is 0 Å². The summed E-state index contributed by atoms with van der Waals surface area (Å²) in [4.78, 5) is 14.7. The van der Waals surface area contributed by atoms with E-state index in [0.29, 0.717) is 5.92 Å². The molecule has 0 saturated carbocycles. The fourth-order valence-corrected chi connectivity index (χ4v) is 4.06. The van der Waals surface area contributed by atoms with Gasteiger partial charge >= 0.3 is 0 Å². The fourth-order valence-electron chi connectivity index (χ4n) is 3.66. The molecule has 20 heavy (non-hydrogen) atoms. The summed E-state index contributed by atoms with van der Waals surface area (Å²) in [5, 5.41) is 3.10. The van der Waals surface area contributed by atoms with E-state index in [9.17, 15) is 4.79 Å². The lowest BCUT2D eigenvalue weighted by molar-refractivity contribution is 0.0917. The van der Waals surface area contributed by atoms with Gasteiger partial charge in [0.1, 0.15) is 0 Å². The van der Waals surface area contributed by atoms with Crippen LogP contribution in [0.2, 0.25) is 0 Å². The average molecular weight is 337 g/mol. The maximum Gasteiger partial charge on any atom is 0.251 e. The smallest absolute Gasteiger partial charge is 0.251 e. The molecule has 1 amide bonds. The Bertz CT molecular complexity index is 491. The Hall–Kier alpha value is -0.870. The molecule has 2 bridgehead atoms. The molecule has 0 aliphatic carbocycles. The SMILES string of the molecule is CN1C2CCC1CC(CNC(=O)c1cccc(Br)c1)C2. The Morgan fingerprint density at radius 3 is 2.70 bits per heavy atom. The Labute approximate surface area is 128 Å². The van der Waals surface area contributed by atoms with Gasteiger partial charge in [0, 0.05) is 28.7 Å². The van der Waals surface area contributed by atoms with E-state index in [1.807, 2.05) is 24.3 Å². The monoisotopic (exact) mass is 336 g/mol. The highest BCUT2D eigenvalue weighted by Gasteiger charge is 2.38. The topological polar surface area (TPSA) is 32.3 Å². The molecule has 3 nitrogen and oxygen atoms in total. The number of nitrogens with one attached hydrogen (secondary N) is 1. The second kappa shape index (κ2) is 5.86. The molecule has 2 unspecified atom stereocenters. The molecule has 0 radical (unpaired) electrons. The Balaban J connectivity index is 1.54. The van der Waals surface area contributed by atoms with Crippen LogP contribution in [0.15, 0.2) is 28.7 Å². The van der Waals surface area contributed by atoms with Crippen LogP contribution in [0.3, 0.4) is 0 Å². The Morgan fingerprint density at radius 1 is 1.35 bits per heavy atom. The molecule has 2 aliphatic heterocycles. The molecule has 2 saturated heterocycles. The first-order valence-electron chi connectivity index (χ1n) is 7.39. The minimum Gasteiger partial charge on any atom is -0.352 e. The number of carbonyl (C=O) groups excluding carboxylic acids is 1. The van der Waals surface area contributed by atoms with Crippen molar-refractivity contribution in [3.8, 4) is 0 Å². The quantitative estimate of drug-likeness (QED) is 0.919. The molecule has 2 heterocycles. The summed E-state index contributed by atoms with van der Waals surface area (Å²) in [6.45, 7) is 0.812. The number of hydrogen-bond donors (Lipinski definition) is 1. The largest absolute Gasteiger partial charge is 0.352 e. The van der Waals surface area contributed by atoms with Crippen molar-refractivity contribution in [1.29, 1.82) is 0 Å². The summed E-state index contributed by atoms with van der Waals surface area (Å²) < 4.78 is 0.947. The van der Waals surface area contributed by atoms with E-state index < -0.39 is 0 Å². The van der Waals surface area contributed by atoms with Crippen molar-refractivity contribution in [3.63, 3.8) is 0 Å². The maximum absolute atomic E-state index is 12.1. The molecule has 2 atom stereocenters. The molecular formula is C16H21BrN2O. The van der Waals surface area contributed by atoms with Crippen LogP contribution in [0.25, 0.3) is 0 Å². The number of halogens is 1. The van der Waals surface area contributed by atoms with Gasteiger partial charge in [0.25, 0.3) is 5.91 Å². The van der Waals surface area contributed by atoms with Gasteiger partial charge in [-0.25, -0.2) is 0 Å². The normalized spacial score (nSPS) is 29.4. The van der Waals surface area contributed by atoms with Crippen LogP contribution in [0.4, 0.5) is 0 Å². The summed E-state index contributed by atoms with van der Waals surface area (Å²) in [5.41, 5.74) is 0.732. The molecule has 1 aromatic carbocycles. The number of amides is 1. The van der Waals surface area contributed by atoms with Crippen molar-refractivity contribution in [2.24, 2.45) is 5.92 Å². The van der Waals surface area contributed by atoms with Crippen LogP contribution in [0.5, 0.6) is 0 Å². The standard InChI is InChI=1S/C16H21BrN2O/c1-19-14-5-6-15(19)8-11(7-14)10-18-16(20)12-3-2-4-13(17)9-12/h2-4,9,11,14-15H,5-8,10H2,1H3,(H,18,20).